The first kappa shape index (κ1) is 38.5. The van der Waals surface area contributed by atoms with Gasteiger partial charge in [0, 0.05) is 44.1 Å². The molecule has 2 nitrogen and oxygen atoms in total. The summed E-state index contributed by atoms with van der Waals surface area (Å²) in [6, 6.07) is 78.2. The van der Waals surface area contributed by atoms with E-state index in [9.17, 15) is 0 Å². The lowest BCUT2D eigenvalue weighted by molar-refractivity contribution is 0.660. The van der Waals surface area contributed by atoms with Crippen molar-refractivity contribution in [3.8, 4) is 55.6 Å². The van der Waals surface area contributed by atoms with Gasteiger partial charge in [-0.2, -0.15) is 0 Å². The molecule has 0 atom stereocenters. The summed E-state index contributed by atoms with van der Waals surface area (Å²) >= 11 is 0. The number of nitrogens with zero attached hydrogens (tertiary/aromatic N) is 1. The molecule has 0 N–H and O–H groups in total. The van der Waals surface area contributed by atoms with E-state index in [0.29, 0.717) is 0 Å². The lowest BCUT2D eigenvalue weighted by atomic mass is 9.78. The third kappa shape index (κ3) is 5.61. The van der Waals surface area contributed by atoms with Crippen LogP contribution >= 0.6 is 0 Å². The van der Waals surface area contributed by atoms with Gasteiger partial charge < -0.3 is 9.32 Å². The Hall–Kier alpha value is -7.94. The zero-order valence-electron chi connectivity index (χ0n) is 37.6. The molecule has 0 bridgehead atoms. The summed E-state index contributed by atoms with van der Waals surface area (Å²) in [6.45, 7) is 9.47. The van der Waals surface area contributed by atoms with Crippen LogP contribution in [0.4, 0.5) is 17.1 Å². The Kier molecular flexibility index (Phi) is 8.33. The van der Waals surface area contributed by atoms with Gasteiger partial charge in [-0.3, -0.25) is 0 Å². The van der Waals surface area contributed by atoms with E-state index in [1.165, 1.54) is 72.1 Å². The Bertz CT molecular complexity index is 3750. The molecule has 0 unspecified atom stereocenters. The third-order valence-electron chi connectivity index (χ3n) is 14.9. The molecule has 0 spiro atoms. The minimum atomic E-state index is -0.129. The Morgan fingerprint density at radius 2 is 0.864 bits per heavy atom. The van der Waals surface area contributed by atoms with Crippen molar-refractivity contribution in [3.63, 3.8) is 0 Å². The molecule has 314 valence electrons. The standard InChI is InChI=1S/C64H47NO/c1-63(2)56-24-11-9-19-50(56)52-38-36-45(39-58(52)63)65(44-34-29-42(30-35-44)47-21-14-26-59-60(47)55-37-31-40-15-5-6-17-48(40)62(55)66-59)43-32-27-41(28-33-43)46-16-7-8-18-49(46)53-22-13-23-54-51-20-10-12-25-57(51)64(3,4)61(53)54/h5-39H,1-4H3. The van der Waals surface area contributed by atoms with E-state index >= 15 is 0 Å². The monoisotopic (exact) mass is 845 g/mol. The second-order valence-corrected chi connectivity index (χ2v) is 19.2. The molecule has 0 amide bonds. The van der Waals surface area contributed by atoms with Crippen LogP contribution in [0, 0.1) is 0 Å². The second kappa shape index (κ2) is 14.3. The highest BCUT2D eigenvalue weighted by Gasteiger charge is 2.38. The number of hydrogen-bond donors (Lipinski definition) is 0. The van der Waals surface area contributed by atoms with Gasteiger partial charge in [0.25, 0.3) is 0 Å². The van der Waals surface area contributed by atoms with Crippen LogP contribution in [0.15, 0.2) is 217 Å². The molecule has 0 radical (unpaired) electrons. The summed E-state index contributed by atoms with van der Waals surface area (Å²) in [4.78, 5) is 2.42. The van der Waals surface area contributed by atoms with E-state index in [1.54, 1.807) is 0 Å². The molecule has 10 aromatic carbocycles. The van der Waals surface area contributed by atoms with Gasteiger partial charge in [-0.15, -0.1) is 0 Å². The van der Waals surface area contributed by atoms with E-state index in [1.807, 2.05) is 0 Å². The Balaban J connectivity index is 0.926. The average Bonchev–Trinajstić information content (AvgIpc) is 3.95. The molecular formula is C64H47NO. The zero-order valence-corrected chi connectivity index (χ0v) is 37.6. The third-order valence-corrected chi connectivity index (χ3v) is 14.9. The topological polar surface area (TPSA) is 16.4 Å². The molecule has 0 fully saturated rings. The Morgan fingerprint density at radius 1 is 0.348 bits per heavy atom. The molecular weight excluding hydrogens is 799 g/mol. The van der Waals surface area contributed by atoms with Crippen LogP contribution < -0.4 is 4.90 Å². The number of fused-ring (bicyclic) bond motifs is 11. The maximum Gasteiger partial charge on any atom is 0.143 e. The molecule has 1 aromatic heterocycles. The first-order valence-corrected chi connectivity index (χ1v) is 23.2. The van der Waals surface area contributed by atoms with Gasteiger partial charge in [0.15, 0.2) is 0 Å². The molecule has 0 aliphatic heterocycles. The lowest BCUT2D eigenvalue weighted by Gasteiger charge is -2.28. The minimum absolute atomic E-state index is 0.116. The van der Waals surface area contributed by atoms with Gasteiger partial charge >= 0.3 is 0 Å². The van der Waals surface area contributed by atoms with E-state index in [4.69, 9.17) is 4.42 Å². The molecule has 0 saturated heterocycles. The fourth-order valence-corrected chi connectivity index (χ4v) is 11.7. The van der Waals surface area contributed by atoms with Gasteiger partial charge in [-0.05, 0) is 132 Å². The van der Waals surface area contributed by atoms with Gasteiger partial charge in [0.2, 0.25) is 0 Å². The van der Waals surface area contributed by atoms with Crippen LogP contribution in [0.25, 0.3) is 88.3 Å². The largest absolute Gasteiger partial charge is 0.455 e. The zero-order chi connectivity index (χ0) is 44.3. The summed E-state index contributed by atoms with van der Waals surface area (Å²) in [5, 5.41) is 4.60. The Labute approximate surface area is 386 Å². The molecule has 66 heavy (non-hydrogen) atoms. The van der Waals surface area contributed by atoms with Crippen molar-refractivity contribution in [3.05, 3.63) is 235 Å². The summed E-state index contributed by atoms with van der Waals surface area (Å²) in [7, 11) is 0. The predicted octanol–water partition coefficient (Wildman–Crippen LogP) is 17.8. The molecule has 2 aliphatic rings. The van der Waals surface area contributed by atoms with Crippen molar-refractivity contribution < 1.29 is 4.42 Å². The van der Waals surface area contributed by atoms with Crippen LogP contribution in [0.3, 0.4) is 0 Å². The maximum atomic E-state index is 6.59. The normalized spacial score (nSPS) is 14.0. The molecule has 2 aliphatic carbocycles. The highest BCUT2D eigenvalue weighted by Crippen LogP contribution is 2.54. The number of furan rings is 1. The van der Waals surface area contributed by atoms with Crippen LogP contribution in [0.1, 0.15) is 49.9 Å². The van der Waals surface area contributed by atoms with E-state index in [2.05, 4.69) is 245 Å². The molecule has 13 rings (SSSR count). The van der Waals surface area contributed by atoms with Crippen LogP contribution in [-0.2, 0) is 10.8 Å². The van der Waals surface area contributed by atoms with Crippen molar-refractivity contribution in [2.75, 3.05) is 4.90 Å². The van der Waals surface area contributed by atoms with E-state index < -0.39 is 0 Å². The highest BCUT2D eigenvalue weighted by atomic mass is 16.3. The van der Waals surface area contributed by atoms with Crippen molar-refractivity contribution in [2.45, 2.75) is 38.5 Å². The van der Waals surface area contributed by atoms with Gasteiger partial charge in [-0.1, -0.05) is 191 Å². The van der Waals surface area contributed by atoms with E-state index in [0.717, 1.165) is 55.5 Å². The molecule has 0 saturated carbocycles. The van der Waals surface area contributed by atoms with Crippen LogP contribution in [0.2, 0.25) is 0 Å². The predicted molar refractivity (Wildman–Crippen MR) is 277 cm³/mol. The Morgan fingerprint density at radius 3 is 1.59 bits per heavy atom. The SMILES string of the molecule is CC1(C)c2ccccc2-c2ccc(N(c3ccc(-c4ccccc4-c4cccc5c4C(C)(C)c4ccccc4-5)cc3)c3ccc(-c4cccc5oc6c7ccccc7ccc6c45)cc3)cc21. The summed E-state index contributed by atoms with van der Waals surface area (Å²) in [5.74, 6) is 0. The fourth-order valence-electron chi connectivity index (χ4n) is 11.7. The maximum absolute atomic E-state index is 6.59. The lowest BCUT2D eigenvalue weighted by Crippen LogP contribution is -2.16. The smallest absolute Gasteiger partial charge is 0.143 e. The summed E-state index contributed by atoms with van der Waals surface area (Å²) in [6.07, 6.45) is 0. The van der Waals surface area contributed by atoms with E-state index in [-0.39, 0.29) is 10.8 Å². The summed E-state index contributed by atoms with van der Waals surface area (Å²) in [5.41, 5.74) is 23.0. The first-order chi connectivity index (χ1) is 32.3. The van der Waals surface area contributed by atoms with Gasteiger partial charge in [-0.25, -0.2) is 0 Å². The number of benzene rings is 10. The minimum Gasteiger partial charge on any atom is -0.455 e. The van der Waals surface area contributed by atoms with Crippen molar-refractivity contribution in [1.82, 2.24) is 0 Å². The number of rotatable bonds is 6. The molecule has 2 heteroatoms. The average molecular weight is 846 g/mol. The van der Waals surface area contributed by atoms with Crippen molar-refractivity contribution in [1.29, 1.82) is 0 Å². The van der Waals surface area contributed by atoms with Crippen LogP contribution in [0.5, 0.6) is 0 Å². The molecule has 11 aromatic rings. The van der Waals surface area contributed by atoms with Crippen LogP contribution in [-0.4, -0.2) is 0 Å². The van der Waals surface area contributed by atoms with Gasteiger partial charge in [0.05, 0.1) is 0 Å². The van der Waals surface area contributed by atoms with Crippen molar-refractivity contribution >= 4 is 49.8 Å². The van der Waals surface area contributed by atoms with Crippen molar-refractivity contribution in [2.24, 2.45) is 0 Å². The summed E-state index contributed by atoms with van der Waals surface area (Å²) < 4.78 is 6.59. The first-order valence-electron chi connectivity index (χ1n) is 23.2. The fraction of sp³-hybridized carbons (Fsp3) is 0.0938. The quantitative estimate of drug-likeness (QED) is 0.166. The second-order valence-electron chi connectivity index (χ2n) is 19.2. The molecule has 1 heterocycles. The highest BCUT2D eigenvalue weighted by molar-refractivity contribution is 6.19. The number of hydrogen-bond acceptors (Lipinski definition) is 2. The van der Waals surface area contributed by atoms with Gasteiger partial charge in [0.1, 0.15) is 11.2 Å². The number of anilines is 3.